The summed E-state index contributed by atoms with van der Waals surface area (Å²) in [4.78, 5) is 15.0. The van der Waals surface area contributed by atoms with E-state index in [-0.39, 0.29) is 5.56 Å². The number of amides is 1. The summed E-state index contributed by atoms with van der Waals surface area (Å²) in [5.74, 6) is -0.658. The fourth-order valence-electron chi connectivity index (χ4n) is 4.16. The number of nitrogens with zero attached hydrogens (tertiary/aromatic N) is 2. The average Bonchev–Trinajstić information content (AvgIpc) is 3.27. The largest absolute Gasteiger partial charge is 0.366 e. The first-order valence-corrected chi connectivity index (χ1v) is 9.41. The summed E-state index contributed by atoms with van der Waals surface area (Å²) in [5, 5.41) is 7.86. The number of carbonyl (C=O) groups excluding carboxylic acids is 1. The molecule has 2 aromatic heterocycles. The number of hydrogen-bond donors (Lipinski definition) is 3. The SMILES string of the molecule is NC(=O)c1cc(F)cc2[nH]c3c(-c4ccc(C5CCCNC5)cc4)cnn3c12. The van der Waals surface area contributed by atoms with Crippen LogP contribution in [0.2, 0.25) is 0 Å². The lowest BCUT2D eigenvalue weighted by Gasteiger charge is -2.23. The Balaban J connectivity index is 1.60. The number of primary amides is 1. The van der Waals surface area contributed by atoms with E-state index in [0.717, 1.165) is 30.3 Å². The van der Waals surface area contributed by atoms with Crippen molar-refractivity contribution in [3.05, 3.63) is 59.5 Å². The van der Waals surface area contributed by atoms with Crippen molar-refractivity contribution < 1.29 is 9.18 Å². The van der Waals surface area contributed by atoms with Gasteiger partial charge in [-0.3, -0.25) is 4.79 Å². The van der Waals surface area contributed by atoms with Crippen LogP contribution in [0.15, 0.2) is 42.6 Å². The normalized spacial score (nSPS) is 17.4. The Morgan fingerprint density at radius 2 is 2.07 bits per heavy atom. The summed E-state index contributed by atoms with van der Waals surface area (Å²) in [6.07, 6.45) is 4.15. The van der Waals surface area contributed by atoms with Crippen LogP contribution >= 0.6 is 0 Å². The van der Waals surface area contributed by atoms with Crippen LogP contribution in [0.3, 0.4) is 0 Å². The standard InChI is InChI=1S/C21H20FN5O/c22-15-8-16(20(23)28)19-18(9-15)26-21-17(11-25-27(19)21)13-5-3-12(4-6-13)14-2-1-7-24-10-14/h3-6,8-9,11,14,24,26H,1-2,7,10H2,(H2,23,28). The van der Waals surface area contributed by atoms with Gasteiger partial charge in [-0.2, -0.15) is 5.10 Å². The molecule has 1 fully saturated rings. The van der Waals surface area contributed by atoms with E-state index in [1.807, 2.05) is 0 Å². The van der Waals surface area contributed by atoms with E-state index in [9.17, 15) is 9.18 Å². The topological polar surface area (TPSA) is 88.2 Å². The second-order valence-electron chi connectivity index (χ2n) is 7.32. The van der Waals surface area contributed by atoms with E-state index < -0.39 is 11.7 Å². The maximum absolute atomic E-state index is 13.9. The molecule has 3 heterocycles. The zero-order chi connectivity index (χ0) is 19.3. The molecular weight excluding hydrogens is 357 g/mol. The number of aromatic nitrogens is 3. The zero-order valence-corrected chi connectivity index (χ0v) is 15.2. The van der Waals surface area contributed by atoms with Crippen molar-refractivity contribution in [2.24, 2.45) is 5.73 Å². The molecule has 0 aliphatic carbocycles. The molecule has 0 saturated carbocycles. The molecule has 1 unspecified atom stereocenters. The Kier molecular flexibility index (Phi) is 3.91. The van der Waals surface area contributed by atoms with E-state index in [0.29, 0.717) is 22.6 Å². The highest BCUT2D eigenvalue weighted by Crippen LogP contribution is 2.31. The minimum absolute atomic E-state index is 0.107. The molecule has 1 amide bonds. The molecule has 0 spiro atoms. The summed E-state index contributed by atoms with van der Waals surface area (Å²) in [6.45, 7) is 2.11. The van der Waals surface area contributed by atoms with Crippen molar-refractivity contribution in [1.29, 1.82) is 0 Å². The number of benzene rings is 2. The summed E-state index contributed by atoms with van der Waals surface area (Å²) < 4.78 is 15.5. The average molecular weight is 377 g/mol. The number of fused-ring (bicyclic) bond motifs is 3. The van der Waals surface area contributed by atoms with Crippen LogP contribution in [-0.2, 0) is 0 Å². The quantitative estimate of drug-likeness (QED) is 0.512. The van der Waals surface area contributed by atoms with Gasteiger partial charge in [0.25, 0.3) is 5.91 Å². The predicted molar refractivity (Wildman–Crippen MR) is 106 cm³/mol. The molecule has 1 saturated heterocycles. The minimum atomic E-state index is -0.687. The predicted octanol–water partition coefficient (Wildman–Crippen LogP) is 3.19. The van der Waals surface area contributed by atoms with Crippen molar-refractivity contribution >= 4 is 22.6 Å². The number of hydrogen-bond acceptors (Lipinski definition) is 3. The van der Waals surface area contributed by atoms with Crippen LogP contribution in [0.1, 0.15) is 34.7 Å². The molecule has 1 aliphatic rings. The first-order chi connectivity index (χ1) is 13.6. The smallest absolute Gasteiger partial charge is 0.251 e. The van der Waals surface area contributed by atoms with E-state index >= 15 is 0 Å². The summed E-state index contributed by atoms with van der Waals surface area (Å²) in [6, 6.07) is 11.0. The number of nitrogens with one attached hydrogen (secondary N) is 2. The van der Waals surface area contributed by atoms with Gasteiger partial charge >= 0.3 is 0 Å². The lowest BCUT2D eigenvalue weighted by molar-refractivity contribution is 0.100. The van der Waals surface area contributed by atoms with Crippen LogP contribution in [0.25, 0.3) is 27.8 Å². The van der Waals surface area contributed by atoms with Gasteiger partial charge < -0.3 is 16.0 Å². The number of piperidine rings is 1. The molecule has 4 N–H and O–H groups in total. The molecule has 6 nitrogen and oxygen atoms in total. The first-order valence-electron chi connectivity index (χ1n) is 9.41. The molecule has 0 radical (unpaired) electrons. The number of aromatic amines is 1. The Labute approximate surface area is 160 Å². The molecule has 7 heteroatoms. The van der Waals surface area contributed by atoms with E-state index in [1.54, 1.807) is 10.7 Å². The summed E-state index contributed by atoms with van der Waals surface area (Å²) in [7, 11) is 0. The second kappa shape index (κ2) is 6.45. The molecule has 142 valence electrons. The number of imidazole rings is 1. The van der Waals surface area contributed by atoms with Gasteiger partial charge in [0.15, 0.2) is 0 Å². The monoisotopic (exact) mass is 377 g/mol. The van der Waals surface area contributed by atoms with Gasteiger partial charge in [-0.1, -0.05) is 24.3 Å². The van der Waals surface area contributed by atoms with E-state index in [4.69, 9.17) is 5.73 Å². The zero-order valence-electron chi connectivity index (χ0n) is 15.2. The third-order valence-corrected chi connectivity index (χ3v) is 5.56. The van der Waals surface area contributed by atoms with E-state index in [2.05, 4.69) is 39.7 Å². The molecule has 2 aromatic carbocycles. The van der Waals surface area contributed by atoms with Crippen LogP contribution in [0.4, 0.5) is 4.39 Å². The van der Waals surface area contributed by atoms with Gasteiger partial charge in [-0.05, 0) is 48.6 Å². The van der Waals surface area contributed by atoms with Gasteiger partial charge in [-0.15, -0.1) is 0 Å². The molecule has 1 aliphatic heterocycles. The molecule has 28 heavy (non-hydrogen) atoms. The molecule has 1 atom stereocenters. The second-order valence-corrected chi connectivity index (χ2v) is 7.32. The highest BCUT2D eigenvalue weighted by molar-refractivity contribution is 6.05. The maximum atomic E-state index is 13.9. The van der Waals surface area contributed by atoms with Crippen LogP contribution in [0.5, 0.6) is 0 Å². The summed E-state index contributed by atoms with van der Waals surface area (Å²) >= 11 is 0. The van der Waals surface area contributed by atoms with Crippen molar-refractivity contribution in [3.63, 3.8) is 0 Å². The fourth-order valence-corrected chi connectivity index (χ4v) is 4.16. The highest BCUT2D eigenvalue weighted by Gasteiger charge is 2.19. The van der Waals surface area contributed by atoms with E-state index in [1.165, 1.54) is 24.5 Å². The van der Waals surface area contributed by atoms with Crippen molar-refractivity contribution in [2.75, 3.05) is 13.1 Å². The van der Waals surface area contributed by atoms with Crippen molar-refractivity contribution in [1.82, 2.24) is 19.9 Å². The third kappa shape index (κ3) is 2.66. The number of H-pyrrole nitrogens is 1. The Morgan fingerprint density at radius 1 is 1.25 bits per heavy atom. The lowest BCUT2D eigenvalue weighted by atomic mass is 9.91. The van der Waals surface area contributed by atoms with Crippen LogP contribution in [0, 0.1) is 5.82 Å². The lowest BCUT2D eigenvalue weighted by Crippen LogP contribution is -2.28. The maximum Gasteiger partial charge on any atom is 0.251 e. The van der Waals surface area contributed by atoms with Crippen molar-refractivity contribution in [3.8, 4) is 11.1 Å². The molecular formula is C21H20FN5O. The first kappa shape index (κ1) is 16.9. The Morgan fingerprint density at radius 3 is 2.79 bits per heavy atom. The van der Waals surface area contributed by atoms with Crippen molar-refractivity contribution in [2.45, 2.75) is 18.8 Å². The Bertz CT molecular complexity index is 1190. The number of rotatable bonds is 3. The molecule has 5 rings (SSSR count). The number of nitrogens with two attached hydrogens (primary N) is 1. The molecule has 0 bridgehead atoms. The number of carbonyl (C=O) groups is 1. The van der Waals surface area contributed by atoms with Gasteiger partial charge in [0.2, 0.25) is 0 Å². The van der Waals surface area contributed by atoms with Crippen LogP contribution < -0.4 is 11.1 Å². The molecule has 4 aromatic rings. The Hall–Kier alpha value is -3.19. The highest BCUT2D eigenvalue weighted by atomic mass is 19.1. The van der Waals surface area contributed by atoms with Gasteiger partial charge in [0.1, 0.15) is 17.0 Å². The van der Waals surface area contributed by atoms with Gasteiger partial charge in [0, 0.05) is 12.1 Å². The van der Waals surface area contributed by atoms with Gasteiger partial charge in [-0.25, -0.2) is 8.91 Å². The third-order valence-electron chi connectivity index (χ3n) is 5.56. The fraction of sp³-hybridized carbons (Fsp3) is 0.238. The number of halogens is 1. The van der Waals surface area contributed by atoms with Crippen LogP contribution in [-0.4, -0.2) is 33.6 Å². The van der Waals surface area contributed by atoms with Gasteiger partial charge in [0.05, 0.1) is 17.3 Å². The minimum Gasteiger partial charge on any atom is -0.366 e. The summed E-state index contributed by atoms with van der Waals surface area (Å²) in [5.41, 5.74) is 10.5.